The molecule has 0 radical (unpaired) electrons. The van der Waals surface area contributed by atoms with Gasteiger partial charge in [0.25, 0.3) is 0 Å². The molecule has 20 heavy (non-hydrogen) atoms. The Balaban J connectivity index is 1.54. The first-order valence-corrected chi connectivity index (χ1v) is 6.90. The van der Waals surface area contributed by atoms with Gasteiger partial charge in [-0.05, 0) is 30.5 Å². The number of carbonyl (C=O) groups is 1. The Morgan fingerprint density at radius 3 is 2.60 bits per heavy atom. The quantitative estimate of drug-likeness (QED) is 0.905. The van der Waals surface area contributed by atoms with Crippen molar-refractivity contribution in [3.63, 3.8) is 0 Å². The van der Waals surface area contributed by atoms with Crippen LogP contribution in [0.5, 0.6) is 0 Å². The van der Waals surface area contributed by atoms with E-state index < -0.39 is 6.09 Å². The van der Waals surface area contributed by atoms with E-state index in [0.717, 1.165) is 25.9 Å². The average molecular weight is 271 g/mol. The summed E-state index contributed by atoms with van der Waals surface area (Å²) in [5, 5.41) is 17.8. The van der Waals surface area contributed by atoms with Gasteiger partial charge in [0.15, 0.2) is 0 Å². The zero-order valence-corrected chi connectivity index (χ0v) is 11.2. The highest BCUT2D eigenvalue weighted by Gasteiger charge is 2.44. The Kier molecular flexibility index (Phi) is 3.33. The fraction of sp³-hybridized carbons (Fsp3) is 0.467. The maximum atomic E-state index is 11.0. The smallest absolute Gasteiger partial charge is 0.407 e. The topological polar surface area (TPSA) is 67.6 Å². The first-order chi connectivity index (χ1) is 9.67. The Bertz CT molecular complexity index is 549. The number of piperazine rings is 1. The molecule has 2 fully saturated rings. The summed E-state index contributed by atoms with van der Waals surface area (Å²) in [7, 11) is 0. The molecule has 0 aromatic heterocycles. The summed E-state index contributed by atoms with van der Waals surface area (Å²) in [6.07, 6.45) is 1.13. The van der Waals surface area contributed by atoms with Crippen LogP contribution in [-0.2, 0) is 6.42 Å². The first kappa shape index (κ1) is 12.9. The molecule has 0 aliphatic carbocycles. The number of likely N-dealkylation sites (tertiary alicyclic amines) is 2. The third-order valence-electron chi connectivity index (χ3n) is 4.37. The van der Waals surface area contributed by atoms with Crippen LogP contribution < -0.4 is 0 Å². The van der Waals surface area contributed by atoms with Gasteiger partial charge in [-0.1, -0.05) is 12.1 Å². The van der Waals surface area contributed by atoms with Crippen molar-refractivity contribution in [2.75, 3.05) is 19.6 Å². The second-order valence-electron chi connectivity index (χ2n) is 5.53. The van der Waals surface area contributed by atoms with Crippen molar-refractivity contribution in [3.8, 4) is 6.07 Å². The van der Waals surface area contributed by atoms with Gasteiger partial charge in [0, 0.05) is 31.7 Å². The fourth-order valence-corrected chi connectivity index (χ4v) is 3.28. The van der Waals surface area contributed by atoms with E-state index in [4.69, 9.17) is 10.4 Å². The van der Waals surface area contributed by atoms with E-state index in [1.807, 2.05) is 24.3 Å². The average Bonchev–Trinajstić information content (AvgIpc) is 3.05. The molecule has 5 heteroatoms. The molecular weight excluding hydrogens is 254 g/mol. The Hall–Kier alpha value is -2.06. The molecule has 0 spiro atoms. The number of carboxylic acid groups (broad SMARTS) is 1. The summed E-state index contributed by atoms with van der Waals surface area (Å²) in [5.74, 6) is 0. The summed E-state index contributed by atoms with van der Waals surface area (Å²) in [6.45, 7) is 2.46. The summed E-state index contributed by atoms with van der Waals surface area (Å²) >= 11 is 0. The number of nitriles is 1. The van der Waals surface area contributed by atoms with Gasteiger partial charge >= 0.3 is 6.09 Å². The standard InChI is InChI=1S/C15H17N3O2/c16-8-12-3-1-11(2-4-12)5-6-17-9-14-7-13(17)10-18(14)15(19)20/h1-4,13-14H,5-7,9-10H2,(H,19,20). The third-order valence-corrected chi connectivity index (χ3v) is 4.37. The molecule has 1 N–H and O–H groups in total. The second-order valence-corrected chi connectivity index (χ2v) is 5.53. The molecule has 1 aromatic carbocycles. The Morgan fingerprint density at radius 2 is 2.05 bits per heavy atom. The van der Waals surface area contributed by atoms with E-state index in [-0.39, 0.29) is 6.04 Å². The van der Waals surface area contributed by atoms with E-state index in [2.05, 4.69) is 11.0 Å². The molecular formula is C15H17N3O2. The van der Waals surface area contributed by atoms with Crippen LogP contribution in [0, 0.1) is 11.3 Å². The Morgan fingerprint density at radius 1 is 1.30 bits per heavy atom. The summed E-state index contributed by atoms with van der Waals surface area (Å²) in [6, 6.07) is 10.4. The molecule has 0 saturated carbocycles. The van der Waals surface area contributed by atoms with Crippen LogP contribution in [0.2, 0.25) is 0 Å². The van der Waals surface area contributed by atoms with Gasteiger partial charge in [-0.25, -0.2) is 4.79 Å². The normalized spacial score (nSPS) is 24.9. The van der Waals surface area contributed by atoms with Gasteiger partial charge in [0.2, 0.25) is 0 Å². The SMILES string of the molecule is N#Cc1ccc(CCN2CC3CC2CN3C(=O)O)cc1. The van der Waals surface area contributed by atoms with Crippen LogP contribution in [0.4, 0.5) is 4.79 Å². The van der Waals surface area contributed by atoms with Gasteiger partial charge in [-0.2, -0.15) is 5.26 Å². The van der Waals surface area contributed by atoms with Crippen LogP contribution in [0.25, 0.3) is 0 Å². The molecule has 2 aliphatic rings. The van der Waals surface area contributed by atoms with Crippen LogP contribution in [0.3, 0.4) is 0 Å². The number of nitrogens with zero attached hydrogens (tertiary/aromatic N) is 3. The molecule has 104 valence electrons. The highest BCUT2D eigenvalue weighted by atomic mass is 16.4. The second kappa shape index (κ2) is 5.14. The first-order valence-electron chi connectivity index (χ1n) is 6.90. The van der Waals surface area contributed by atoms with Crippen LogP contribution in [-0.4, -0.2) is 52.7 Å². The number of rotatable bonds is 3. The Labute approximate surface area is 118 Å². The van der Waals surface area contributed by atoms with Gasteiger partial charge in [0.05, 0.1) is 11.6 Å². The molecule has 2 bridgehead atoms. The summed E-state index contributed by atoms with van der Waals surface area (Å²) in [4.78, 5) is 15.0. The number of hydrogen-bond acceptors (Lipinski definition) is 3. The molecule has 5 nitrogen and oxygen atoms in total. The third kappa shape index (κ3) is 2.35. The van der Waals surface area contributed by atoms with Crippen molar-refractivity contribution < 1.29 is 9.90 Å². The lowest BCUT2D eigenvalue weighted by Gasteiger charge is -2.32. The van der Waals surface area contributed by atoms with Crippen molar-refractivity contribution in [2.45, 2.75) is 24.9 Å². The lowest BCUT2D eigenvalue weighted by atomic mass is 10.1. The van der Waals surface area contributed by atoms with E-state index in [9.17, 15) is 4.79 Å². The molecule has 2 saturated heterocycles. The minimum absolute atomic E-state index is 0.179. The van der Waals surface area contributed by atoms with Crippen molar-refractivity contribution in [2.24, 2.45) is 0 Å². The zero-order valence-electron chi connectivity index (χ0n) is 11.2. The van der Waals surface area contributed by atoms with Crippen LogP contribution in [0.15, 0.2) is 24.3 Å². The minimum Gasteiger partial charge on any atom is -0.465 e. The van der Waals surface area contributed by atoms with Gasteiger partial charge in [-0.15, -0.1) is 0 Å². The number of benzene rings is 1. The zero-order chi connectivity index (χ0) is 14.1. The van der Waals surface area contributed by atoms with Crippen molar-refractivity contribution in [1.82, 2.24) is 9.80 Å². The fourth-order valence-electron chi connectivity index (χ4n) is 3.28. The molecule has 2 unspecified atom stereocenters. The van der Waals surface area contributed by atoms with E-state index in [1.165, 1.54) is 5.56 Å². The van der Waals surface area contributed by atoms with Gasteiger partial charge in [0.1, 0.15) is 0 Å². The minimum atomic E-state index is -0.788. The lowest BCUT2D eigenvalue weighted by Crippen LogP contribution is -2.48. The molecule has 2 atom stereocenters. The van der Waals surface area contributed by atoms with Crippen LogP contribution in [0.1, 0.15) is 17.5 Å². The van der Waals surface area contributed by atoms with Crippen molar-refractivity contribution >= 4 is 6.09 Å². The number of fused-ring (bicyclic) bond motifs is 2. The molecule has 2 aliphatic heterocycles. The van der Waals surface area contributed by atoms with Crippen molar-refractivity contribution in [3.05, 3.63) is 35.4 Å². The molecule has 1 aromatic rings. The maximum Gasteiger partial charge on any atom is 0.407 e. The molecule has 2 heterocycles. The largest absolute Gasteiger partial charge is 0.465 e. The van der Waals surface area contributed by atoms with E-state index >= 15 is 0 Å². The van der Waals surface area contributed by atoms with Crippen molar-refractivity contribution in [1.29, 1.82) is 5.26 Å². The monoisotopic (exact) mass is 271 g/mol. The predicted octanol–water partition coefficient (Wildman–Crippen LogP) is 1.54. The molecule has 3 rings (SSSR count). The summed E-state index contributed by atoms with van der Waals surface area (Å²) < 4.78 is 0. The van der Waals surface area contributed by atoms with Crippen LogP contribution >= 0.6 is 0 Å². The predicted molar refractivity (Wildman–Crippen MR) is 73.4 cm³/mol. The highest BCUT2D eigenvalue weighted by molar-refractivity contribution is 5.66. The van der Waals surface area contributed by atoms with Gasteiger partial charge in [-0.3, -0.25) is 4.90 Å². The van der Waals surface area contributed by atoms with Gasteiger partial charge < -0.3 is 10.0 Å². The van der Waals surface area contributed by atoms with E-state index in [1.54, 1.807) is 4.90 Å². The summed E-state index contributed by atoms with van der Waals surface area (Å²) in [5.41, 5.74) is 1.91. The van der Waals surface area contributed by atoms with E-state index in [0.29, 0.717) is 18.2 Å². The maximum absolute atomic E-state index is 11.0. The molecule has 1 amide bonds. The number of hydrogen-bond donors (Lipinski definition) is 1. The number of amides is 1. The lowest BCUT2D eigenvalue weighted by molar-refractivity contribution is 0.103. The highest BCUT2D eigenvalue weighted by Crippen LogP contribution is 2.30.